The van der Waals surface area contributed by atoms with Crippen molar-refractivity contribution >= 4 is 39.3 Å². The van der Waals surface area contributed by atoms with E-state index in [9.17, 15) is 17.6 Å². The number of piperazine rings is 1. The Morgan fingerprint density at radius 1 is 1.29 bits per heavy atom. The van der Waals surface area contributed by atoms with Crippen molar-refractivity contribution in [1.29, 1.82) is 0 Å². The summed E-state index contributed by atoms with van der Waals surface area (Å²) >= 11 is 6.99. The van der Waals surface area contributed by atoms with Crippen LogP contribution in [0.3, 0.4) is 0 Å². The van der Waals surface area contributed by atoms with Gasteiger partial charge in [-0.15, -0.1) is 11.8 Å². The van der Waals surface area contributed by atoms with Crippen molar-refractivity contribution in [3.05, 3.63) is 29.0 Å². The van der Waals surface area contributed by atoms with Crippen molar-refractivity contribution < 1.29 is 22.7 Å². The van der Waals surface area contributed by atoms with Crippen molar-refractivity contribution in [2.24, 2.45) is 0 Å². The second kappa shape index (κ2) is 8.48. The quantitative estimate of drug-likeness (QED) is 0.727. The highest BCUT2D eigenvalue weighted by molar-refractivity contribution is 7.99. The van der Waals surface area contributed by atoms with Gasteiger partial charge in [-0.3, -0.25) is 4.79 Å². The van der Waals surface area contributed by atoms with Gasteiger partial charge < -0.3 is 10.0 Å². The molecular formula is C14H18ClFN2O4S2. The number of sulfonamides is 1. The van der Waals surface area contributed by atoms with E-state index in [1.165, 1.54) is 22.1 Å². The molecule has 0 aromatic heterocycles. The van der Waals surface area contributed by atoms with Gasteiger partial charge in [-0.25, -0.2) is 12.8 Å². The van der Waals surface area contributed by atoms with E-state index in [-0.39, 0.29) is 41.3 Å². The molecule has 0 atom stereocenters. The van der Waals surface area contributed by atoms with Crippen LogP contribution >= 0.6 is 23.4 Å². The van der Waals surface area contributed by atoms with Gasteiger partial charge in [0.1, 0.15) is 5.82 Å². The average Bonchev–Trinajstić information content (AvgIpc) is 2.57. The van der Waals surface area contributed by atoms with Gasteiger partial charge in [0.05, 0.1) is 22.3 Å². The van der Waals surface area contributed by atoms with Crippen molar-refractivity contribution in [1.82, 2.24) is 9.21 Å². The van der Waals surface area contributed by atoms with Crippen LogP contribution in [0, 0.1) is 5.82 Å². The topological polar surface area (TPSA) is 77.9 Å². The molecule has 24 heavy (non-hydrogen) atoms. The molecule has 1 aliphatic rings. The molecule has 0 unspecified atom stereocenters. The predicted molar refractivity (Wildman–Crippen MR) is 91.2 cm³/mol. The van der Waals surface area contributed by atoms with Crippen LogP contribution in [0.5, 0.6) is 0 Å². The van der Waals surface area contributed by atoms with Crippen LogP contribution < -0.4 is 0 Å². The predicted octanol–water partition coefficient (Wildman–Crippen LogP) is 1.04. The third-order valence-corrected chi connectivity index (χ3v) is 6.69. The number of hydrogen-bond donors (Lipinski definition) is 1. The molecule has 1 heterocycles. The van der Waals surface area contributed by atoms with Gasteiger partial charge in [0.25, 0.3) is 0 Å². The normalized spacial score (nSPS) is 16.4. The summed E-state index contributed by atoms with van der Waals surface area (Å²) in [5, 5.41) is 8.46. The van der Waals surface area contributed by atoms with Crippen LogP contribution in [-0.2, 0) is 14.8 Å². The fourth-order valence-electron chi connectivity index (χ4n) is 2.28. The number of carbonyl (C=O) groups is 1. The summed E-state index contributed by atoms with van der Waals surface area (Å²) in [5.74, 6) is 0.00785. The third kappa shape index (κ3) is 4.60. The van der Waals surface area contributed by atoms with E-state index in [0.29, 0.717) is 18.8 Å². The summed E-state index contributed by atoms with van der Waals surface area (Å²) < 4.78 is 39.6. The standard InChI is InChI=1S/C14H18ClFN2O4S2/c15-12-9-11(1-2-13(12)16)24(21,22)18-5-3-17(4-6-18)14(20)10-23-8-7-19/h1-2,9,19H,3-8,10H2. The maximum Gasteiger partial charge on any atom is 0.243 e. The lowest BCUT2D eigenvalue weighted by Crippen LogP contribution is -2.51. The van der Waals surface area contributed by atoms with E-state index in [1.54, 1.807) is 4.90 Å². The van der Waals surface area contributed by atoms with Gasteiger partial charge in [0, 0.05) is 31.9 Å². The molecular weight excluding hydrogens is 379 g/mol. The number of nitrogens with zero attached hydrogens (tertiary/aromatic N) is 2. The monoisotopic (exact) mass is 396 g/mol. The van der Waals surface area contributed by atoms with E-state index in [0.717, 1.165) is 12.1 Å². The Labute approximate surface area is 149 Å². The Morgan fingerprint density at radius 2 is 1.96 bits per heavy atom. The number of benzene rings is 1. The molecule has 0 aliphatic carbocycles. The second-order valence-corrected chi connectivity index (χ2v) is 8.59. The van der Waals surface area contributed by atoms with Gasteiger partial charge in [-0.2, -0.15) is 4.31 Å². The Bertz CT molecular complexity index is 694. The first kappa shape index (κ1) is 19.5. The van der Waals surface area contributed by atoms with Crippen LogP contribution in [0.25, 0.3) is 0 Å². The maximum atomic E-state index is 13.2. The largest absolute Gasteiger partial charge is 0.396 e. The fraction of sp³-hybridized carbons (Fsp3) is 0.500. The van der Waals surface area contributed by atoms with E-state index in [1.807, 2.05) is 0 Å². The molecule has 1 N–H and O–H groups in total. The maximum absolute atomic E-state index is 13.2. The molecule has 0 spiro atoms. The number of amides is 1. The highest BCUT2D eigenvalue weighted by Gasteiger charge is 2.30. The summed E-state index contributed by atoms with van der Waals surface area (Å²) in [6, 6.07) is 3.29. The molecule has 6 nitrogen and oxygen atoms in total. The average molecular weight is 397 g/mol. The lowest BCUT2D eigenvalue weighted by Gasteiger charge is -2.34. The summed E-state index contributed by atoms with van der Waals surface area (Å²) in [4.78, 5) is 13.5. The molecule has 134 valence electrons. The molecule has 10 heteroatoms. The van der Waals surface area contributed by atoms with Crippen LogP contribution in [0.2, 0.25) is 5.02 Å². The summed E-state index contributed by atoms with van der Waals surface area (Å²) in [5.41, 5.74) is 0. The molecule has 1 saturated heterocycles. The minimum atomic E-state index is -3.77. The Kier molecular flexibility index (Phi) is 6.88. The highest BCUT2D eigenvalue weighted by atomic mass is 35.5. The number of aliphatic hydroxyl groups is 1. The molecule has 1 aromatic rings. The van der Waals surface area contributed by atoms with Gasteiger partial charge >= 0.3 is 0 Å². The number of thioether (sulfide) groups is 1. The molecule has 2 rings (SSSR count). The lowest BCUT2D eigenvalue weighted by atomic mass is 10.3. The van der Waals surface area contributed by atoms with Gasteiger partial charge in [0.15, 0.2) is 0 Å². The lowest BCUT2D eigenvalue weighted by molar-refractivity contribution is -0.129. The molecule has 1 aromatic carbocycles. The van der Waals surface area contributed by atoms with Gasteiger partial charge in [-0.1, -0.05) is 11.6 Å². The Balaban J connectivity index is 1.98. The molecule has 1 aliphatic heterocycles. The Morgan fingerprint density at radius 3 is 2.54 bits per heavy atom. The molecule has 1 amide bonds. The summed E-state index contributed by atoms with van der Waals surface area (Å²) in [6.07, 6.45) is 0. The Hall–Kier alpha value is -0.870. The van der Waals surface area contributed by atoms with Crippen LogP contribution in [0.15, 0.2) is 23.1 Å². The van der Waals surface area contributed by atoms with E-state index < -0.39 is 15.8 Å². The van der Waals surface area contributed by atoms with Gasteiger partial charge in [-0.05, 0) is 18.2 Å². The van der Waals surface area contributed by atoms with Crippen molar-refractivity contribution in [2.75, 3.05) is 44.3 Å². The highest BCUT2D eigenvalue weighted by Crippen LogP contribution is 2.23. The molecule has 0 radical (unpaired) electrons. The molecule has 0 saturated carbocycles. The molecule has 1 fully saturated rings. The molecule has 0 bridgehead atoms. The van der Waals surface area contributed by atoms with Crippen molar-refractivity contribution in [3.8, 4) is 0 Å². The summed E-state index contributed by atoms with van der Waals surface area (Å²) in [7, 11) is -3.77. The van der Waals surface area contributed by atoms with Crippen molar-refractivity contribution in [2.45, 2.75) is 4.90 Å². The van der Waals surface area contributed by atoms with Crippen LogP contribution in [-0.4, -0.2) is 72.9 Å². The summed E-state index contributed by atoms with van der Waals surface area (Å²) in [6.45, 7) is 0.963. The minimum Gasteiger partial charge on any atom is -0.396 e. The van der Waals surface area contributed by atoms with Gasteiger partial charge in [0.2, 0.25) is 15.9 Å². The zero-order valence-corrected chi connectivity index (χ0v) is 15.2. The van der Waals surface area contributed by atoms with E-state index in [4.69, 9.17) is 16.7 Å². The first-order chi connectivity index (χ1) is 11.4. The van der Waals surface area contributed by atoms with E-state index in [2.05, 4.69) is 0 Å². The first-order valence-corrected chi connectivity index (χ1v) is 10.2. The van der Waals surface area contributed by atoms with Crippen LogP contribution in [0.4, 0.5) is 4.39 Å². The zero-order valence-electron chi connectivity index (χ0n) is 12.8. The van der Waals surface area contributed by atoms with Crippen LogP contribution in [0.1, 0.15) is 0 Å². The SMILES string of the molecule is O=C(CSCCO)N1CCN(S(=O)(=O)c2ccc(F)c(Cl)c2)CC1. The zero-order chi connectivity index (χ0) is 17.7. The number of halogens is 2. The second-order valence-electron chi connectivity index (χ2n) is 5.14. The third-order valence-electron chi connectivity index (χ3n) is 3.58. The number of hydrogen-bond acceptors (Lipinski definition) is 5. The smallest absolute Gasteiger partial charge is 0.243 e. The number of aliphatic hydroxyl groups excluding tert-OH is 1. The van der Waals surface area contributed by atoms with Crippen molar-refractivity contribution in [3.63, 3.8) is 0 Å². The van der Waals surface area contributed by atoms with E-state index >= 15 is 0 Å². The first-order valence-electron chi connectivity index (χ1n) is 7.28. The number of carbonyl (C=O) groups excluding carboxylic acids is 1. The fourth-order valence-corrected chi connectivity index (χ4v) is 4.60. The minimum absolute atomic E-state index is 0.0181. The number of rotatable bonds is 6.